The van der Waals surface area contributed by atoms with E-state index in [1.54, 1.807) is 6.20 Å². The summed E-state index contributed by atoms with van der Waals surface area (Å²) in [5.41, 5.74) is 9.11. The van der Waals surface area contributed by atoms with E-state index in [9.17, 15) is 0 Å². The minimum Gasteiger partial charge on any atom is -0.366 e. The van der Waals surface area contributed by atoms with Crippen LogP contribution in [-0.2, 0) is 0 Å². The van der Waals surface area contributed by atoms with Crippen LogP contribution in [0.3, 0.4) is 0 Å². The van der Waals surface area contributed by atoms with Crippen molar-refractivity contribution in [2.75, 3.05) is 11.9 Å². The highest BCUT2D eigenvalue weighted by molar-refractivity contribution is 5.51. The molecule has 2 N–H and O–H groups in total. The number of nitriles is 1. The third-order valence-electron chi connectivity index (χ3n) is 3.72. The molecule has 0 bridgehead atoms. The van der Waals surface area contributed by atoms with Crippen LogP contribution in [0.15, 0.2) is 48.8 Å². The predicted octanol–water partition coefficient (Wildman–Crippen LogP) is 2.87. The van der Waals surface area contributed by atoms with E-state index in [2.05, 4.69) is 22.9 Å². The van der Waals surface area contributed by atoms with Gasteiger partial charge in [-0.2, -0.15) is 5.26 Å². The number of nitrogens with two attached hydrogens (primary N) is 1. The van der Waals surface area contributed by atoms with Crippen molar-refractivity contribution >= 4 is 5.69 Å². The van der Waals surface area contributed by atoms with Crippen molar-refractivity contribution in [2.45, 2.75) is 25.4 Å². The lowest BCUT2D eigenvalue weighted by atomic mass is 9.97. The Kier molecular flexibility index (Phi) is 4.91. The maximum Gasteiger partial charge on any atom is 0.0991 e. The van der Waals surface area contributed by atoms with Gasteiger partial charge >= 0.3 is 0 Å². The first-order valence-corrected chi connectivity index (χ1v) is 7.06. The molecule has 0 saturated heterocycles. The fourth-order valence-corrected chi connectivity index (χ4v) is 2.46. The zero-order chi connectivity index (χ0) is 15.2. The van der Waals surface area contributed by atoms with E-state index >= 15 is 0 Å². The van der Waals surface area contributed by atoms with Crippen molar-refractivity contribution in [3.63, 3.8) is 0 Å². The molecule has 1 aromatic carbocycles. The summed E-state index contributed by atoms with van der Waals surface area (Å²) in [5, 5.41) is 8.89. The number of rotatable bonds is 5. The van der Waals surface area contributed by atoms with E-state index in [1.807, 2.05) is 49.6 Å². The van der Waals surface area contributed by atoms with Gasteiger partial charge in [0, 0.05) is 31.2 Å². The van der Waals surface area contributed by atoms with Crippen LogP contribution >= 0.6 is 0 Å². The summed E-state index contributed by atoms with van der Waals surface area (Å²) in [4.78, 5) is 6.35. The Bertz CT molecular complexity index is 601. The molecule has 1 aromatic heterocycles. The molecule has 0 spiro atoms. The molecule has 0 aliphatic heterocycles. The highest BCUT2D eigenvalue weighted by Crippen LogP contribution is 2.28. The van der Waals surface area contributed by atoms with Crippen LogP contribution in [0.25, 0.3) is 0 Å². The molecule has 0 radical (unpaired) electrons. The van der Waals surface area contributed by atoms with Crippen LogP contribution in [0.2, 0.25) is 0 Å². The average molecular weight is 280 g/mol. The molecule has 108 valence electrons. The fraction of sp³-hybridized carbons (Fsp3) is 0.294. The van der Waals surface area contributed by atoms with E-state index < -0.39 is 0 Å². The van der Waals surface area contributed by atoms with E-state index in [0.29, 0.717) is 5.56 Å². The summed E-state index contributed by atoms with van der Waals surface area (Å²) < 4.78 is 0. The van der Waals surface area contributed by atoms with E-state index in [-0.39, 0.29) is 12.1 Å². The van der Waals surface area contributed by atoms with Crippen LogP contribution < -0.4 is 10.6 Å². The molecule has 4 heteroatoms. The van der Waals surface area contributed by atoms with E-state index in [0.717, 1.165) is 17.7 Å². The number of hydrogen-bond acceptors (Lipinski definition) is 4. The van der Waals surface area contributed by atoms with Crippen LogP contribution in [-0.4, -0.2) is 18.1 Å². The van der Waals surface area contributed by atoms with Crippen molar-refractivity contribution in [1.29, 1.82) is 5.26 Å². The number of benzene rings is 1. The predicted molar refractivity (Wildman–Crippen MR) is 84.8 cm³/mol. The van der Waals surface area contributed by atoms with Gasteiger partial charge in [0.05, 0.1) is 17.7 Å². The van der Waals surface area contributed by atoms with Crippen molar-refractivity contribution in [3.8, 4) is 6.07 Å². The maximum atomic E-state index is 8.89. The number of likely N-dealkylation sites (N-methyl/N-ethyl adjacent to an activating group) is 1. The van der Waals surface area contributed by atoms with E-state index in [4.69, 9.17) is 11.0 Å². The Labute approximate surface area is 125 Å². The molecule has 1 heterocycles. The lowest BCUT2D eigenvalue weighted by Gasteiger charge is -2.34. The minimum absolute atomic E-state index is 0.00911. The second-order valence-electron chi connectivity index (χ2n) is 5.07. The van der Waals surface area contributed by atoms with Gasteiger partial charge in [-0.25, -0.2) is 0 Å². The summed E-state index contributed by atoms with van der Waals surface area (Å²) in [6.07, 6.45) is 4.50. The van der Waals surface area contributed by atoms with Crippen molar-refractivity contribution < 1.29 is 0 Å². The van der Waals surface area contributed by atoms with Gasteiger partial charge in [-0.1, -0.05) is 13.0 Å². The Morgan fingerprint density at radius 2 is 2.00 bits per heavy atom. The third kappa shape index (κ3) is 3.39. The van der Waals surface area contributed by atoms with Crippen LogP contribution in [0.1, 0.15) is 30.5 Å². The third-order valence-corrected chi connectivity index (χ3v) is 3.72. The van der Waals surface area contributed by atoms with Gasteiger partial charge in [0.2, 0.25) is 0 Å². The standard InChI is InChI=1S/C17H20N4/c1-3-16(19)17(14-5-4-10-20-12-14)21(2)15-8-6-13(11-18)7-9-15/h4-10,12,16-17H,3,19H2,1-2H3. The Hall–Kier alpha value is -2.38. The fourth-order valence-electron chi connectivity index (χ4n) is 2.46. The normalized spacial score (nSPS) is 13.2. The monoisotopic (exact) mass is 280 g/mol. The zero-order valence-corrected chi connectivity index (χ0v) is 12.4. The summed E-state index contributed by atoms with van der Waals surface area (Å²) in [6, 6.07) is 13.7. The van der Waals surface area contributed by atoms with Gasteiger partial charge in [0.25, 0.3) is 0 Å². The molecule has 21 heavy (non-hydrogen) atoms. The van der Waals surface area contributed by atoms with Gasteiger partial charge in [-0.15, -0.1) is 0 Å². The van der Waals surface area contributed by atoms with Crippen molar-refractivity contribution in [1.82, 2.24) is 4.98 Å². The zero-order valence-electron chi connectivity index (χ0n) is 12.4. The van der Waals surface area contributed by atoms with Crippen LogP contribution in [0.5, 0.6) is 0 Å². The Balaban J connectivity index is 2.34. The number of nitrogens with zero attached hydrogens (tertiary/aromatic N) is 3. The Morgan fingerprint density at radius 3 is 2.52 bits per heavy atom. The second kappa shape index (κ2) is 6.87. The minimum atomic E-state index is 0.00911. The van der Waals surface area contributed by atoms with Gasteiger partial charge in [0.1, 0.15) is 0 Å². The number of pyridine rings is 1. The molecule has 2 unspecified atom stereocenters. The topological polar surface area (TPSA) is 65.9 Å². The second-order valence-corrected chi connectivity index (χ2v) is 5.07. The maximum absolute atomic E-state index is 8.89. The molecule has 0 aliphatic carbocycles. The number of hydrogen-bond donors (Lipinski definition) is 1. The van der Waals surface area contributed by atoms with Gasteiger partial charge in [-0.3, -0.25) is 4.98 Å². The SMILES string of the molecule is CCC(N)C(c1cccnc1)N(C)c1ccc(C#N)cc1. The first-order valence-electron chi connectivity index (χ1n) is 7.06. The Morgan fingerprint density at radius 1 is 1.29 bits per heavy atom. The van der Waals surface area contributed by atoms with Crippen molar-refractivity contribution in [2.24, 2.45) is 5.73 Å². The number of aromatic nitrogens is 1. The first kappa shape index (κ1) is 15.0. The highest BCUT2D eigenvalue weighted by Gasteiger charge is 2.23. The molecule has 0 saturated carbocycles. The molecule has 2 aromatic rings. The lowest BCUT2D eigenvalue weighted by Crippen LogP contribution is -2.39. The molecular weight excluding hydrogens is 260 g/mol. The van der Waals surface area contributed by atoms with Gasteiger partial charge in [0.15, 0.2) is 0 Å². The van der Waals surface area contributed by atoms with E-state index in [1.165, 1.54) is 0 Å². The van der Waals surface area contributed by atoms with Crippen LogP contribution in [0, 0.1) is 11.3 Å². The molecule has 0 amide bonds. The lowest BCUT2D eigenvalue weighted by molar-refractivity contribution is 0.509. The molecule has 0 fully saturated rings. The summed E-state index contributed by atoms with van der Waals surface area (Å²) >= 11 is 0. The molecule has 4 nitrogen and oxygen atoms in total. The first-order chi connectivity index (χ1) is 10.2. The summed E-state index contributed by atoms with van der Waals surface area (Å²) in [6.45, 7) is 2.08. The largest absolute Gasteiger partial charge is 0.366 e. The summed E-state index contributed by atoms with van der Waals surface area (Å²) in [7, 11) is 2.02. The molecular formula is C17H20N4. The molecule has 2 atom stereocenters. The number of anilines is 1. The molecule has 0 aliphatic rings. The average Bonchev–Trinajstić information content (AvgIpc) is 2.55. The van der Waals surface area contributed by atoms with Gasteiger partial charge < -0.3 is 10.6 Å². The van der Waals surface area contributed by atoms with Gasteiger partial charge in [-0.05, 0) is 42.3 Å². The smallest absolute Gasteiger partial charge is 0.0991 e. The quantitative estimate of drug-likeness (QED) is 0.914. The van der Waals surface area contributed by atoms with Crippen LogP contribution in [0.4, 0.5) is 5.69 Å². The van der Waals surface area contributed by atoms with Crippen molar-refractivity contribution in [3.05, 3.63) is 59.9 Å². The highest BCUT2D eigenvalue weighted by atomic mass is 15.2. The summed E-state index contributed by atoms with van der Waals surface area (Å²) in [5.74, 6) is 0. The molecule has 2 rings (SSSR count).